The fraction of sp³-hybridized carbons (Fsp3) is 0.222. The number of nitrogens with one attached hydrogen (secondary N) is 1. The van der Waals surface area contributed by atoms with Crippen molar-refractivity contribution in [3.05, 3.63) is 102 Å². The number of anilines is 1. The molecule has 4 nitrogen and oxygen atoms in total. The van der Waals surface area contributed by atoms with Crippen LogP contribution >= 0.6 is 0 Å². The van der Waals surface area contributed by atoms with Crippen LogP contribution in [0.4, 0.5) is 5.69 Å². The van der Waals surface area contributed by atoms with Crippen LogP contribution in [0.25, 0.3) is 5.57 Å². The summed E-state index contributed by atoms with van der Waals surface area (Å²) in [5.74, 6) is 0.849. The Morgan fingerprint density at radius 2 is 1.61 bits per heavy atom. The van der Waals surface area contributed by atoms with Crippen LogP contribution in [-0.2, 0) is 16.1 Å². The van der Waals surface area contributed by atoms with Crippen molar-refractivity contribution in [2.45, 2.75) is 33.3 Å². The van der Waals surface area contributed by atoms with Gasteiger partial charge in [-0.2, -0.15) is 0 Å². The van der Waals surface area contributed by atoms with E-state index >= 15 is 0 Å². The van der Waals surface area contributed by atoms with Gasteiger partial charge in [-0.1, -0.05) is 68.4 Å². The third-order valence-corrected chi connectivity index (χ3v) is 4.87. The average Bonchev–Trinajstić information content (AvgIpc) is 2.80. The minimum Gasteiger partial charge on any atom is -0.489 e. The molecule has 0 amide bonds. The van der Waals surface area contributed by atoms with Gasteiger partial charge in [-0.3, -0.25) is 0 Å². The summed E-state index contributed by atoms with van der Waals surface area (Å²) in [7, 11) is 0. The van der Waals surface area contributed by atoms with Crippen LogP contribution in [0.1, 0.15) is 43.4 Å². The van der Waals surface area contributed by atoms with Crippen LogP contribution in [-0.4, -0.2) is 12.6 Å². The lowest BCUT2D eigenvalue weighted by molar-refractivity contribution is -0.136. The summed E-state index contributed by atoms with van der Waals surface area (Å²) in [6, 6.07) is 25.7. The zero-order chi connectivity index (χ0) is 22.1. The normalized spacial score (nSPS) is 11.3. The van der Waals surface area contributed by atoms with Gasteiger partial charge < -0.3 is 14.8 Å². The monoisotopic (exact) mass is 415 g/mol. The smallest absolute Gasteiger partial charge is 0.340 e. The molecule has 3 aromatic rings. The zero-order valence-corrected chi connectivity index (χ0v) is 18.3. The highest BCUT2D eigenvalue weighted by molar-refractivity contribution is 6.16. The van der Waals surface area contributed by atoms with Gasteiger partial charge >= 0.3 is 5.97 Å². The predicted octanol–water partition coefficient (Wildman–Crippen LogP) is 6.41. The number of rotatable bonds is 9. The zero-order valence-electron chi connectivity index (χ0n) is 18.3. The maximum atomic E-state index is 12.5. The molecule has 0 aliphatic heterocycles. The maximum absolute atomic E-state index is 12.5. The van der Waals surface area contributed by atoms with Crippen molar-refractivity contribution in [2.75, 3.05) is 11.9 Å². The Bertz CT molecular complexity index is 991. The van der Waals surface area contributed by atoms with E-state index in [1.54, 1.807) is 13.1 Å². The Hall–Kier alpha value is -3.53. The summed E-state index contributed by atoms with van der Waals surface area (Å²) in [6.45, 7) is 6.93. The van der Waals surface area contributed by atoms with E-state index in [1.165, 1.54) is 5.56 Å². The largest absolute Gasteiger partial charge is 0.489 e. The van der Waals surface area contributed by atoms with Gasteiger partial charge in [0.15, 0.2) is 0 Å². The second-order valence-corrected chi connectivity index (χ2v) is 7.50. The third-order valence-electron chi connectivity index (χ3n) is 4.87. The molecule has 0 saturated heterocycles. The lowest BCUT2D eigenvalue weighted by Crippen LogP contribution is -2.08. The molecule has 0 saturated carbocycles. The summed E-state index contributed by atoms with van der Waals surface area (Å²) in [5.41, 5.74) is 4.51. The van der Waals surface area contributed by atoms with Crippen molar-refractivity contribution in [2.24, 2.45) is 0 Å². The molecule has 3 rings (SSSR count). The molecule has 0 bridgehead atoms. The first-order chi connectivity index (χ1) is 15.1. The molecular formula is C27H29NO3. The van der Waals surface area contributed by atoms with Crippen molar-refractivity contribution in [1.82, 2.24) is 0 Å². The van der Waals surface area contributed by atoms with E-state index in [0.717, 1.165) is 22.6 Å². The van der Waals surface area contributed by atoms with E-state index in [-0.39, 0.29) is 5.97 Å². The fourth-order valence-corrected chi connectivity index (χ4v) is 3.06. The molecule has 0 fully saturated rings. The first kappa shape index (κ1) is 22.2. The van der Waals surface area contributed by atoms with Crippen LogP contribution in [0.5, 0.6) is 5.75 Å². The molecule has 31 heavy (non-hydrogen) atoms. The van der Waals surface area contributed by atoms with E-state index in [9.17, 15) is 4.79 Å². The molecule has 0 atom stereocenters. The van der Waals surface area contributed by atoms with E-state index in [1.807, 2.05) is 66.7 Å². The molecule has 0 aliphatic carbocycles. The minimum atomic E-state index is -0.369. The number of hydrogen-bond acceptors (Lipinski definition) is 4. The summed E-state index contributed by atoms with van der Waals surface area (Å²) in [5, 5.41) is 3.22. The van der Waals surface area contributed by atoms with Crippen molar-refractivity contribution in [3.63, 3.8) is 0 Å². The van der Waals surface area contributed by atoms with Crippen molar-refractivity contribution < 1.29 is 14.3 Å². The maximum Gasteiger partial charge on any atom is 0.340 e. The second kappa shape index (κ2) is 11.0. The highest BCUT2D eigenvalue weighted by atomic mass is 16.5. The van der Waals surface area contributed by atoms with E-state index < -0.39 is 0 Å². The second-order valence-electron chi connectivity index (χ2n) is 7.50. The Morgan fingerprint density at radius 3 is 2.23 bits per heavy atom. The first-order valence-corrected chi connectivity index (χ1v) is 10.6. The number of carbonyl (C=O) groups excluding carboxylic acids is 1. The van der Waals surface area contributed by atoms with Crippen molar-refractivity contribution >= 4 is 17.2 Å². The minimum absolute atomic E-state index is 0.317. The molecule has 0 aromatic heterocycles. The number of benzene rings is 3. The number of hydrogen-bond donors (Lipinski definition) is 1. The van der Waals surface area contributed by atoms with Gasteiger partial charge in [-0.05, 0) is 53.8 Å². The lowest BCUT2D eigenvalue weighted by atomic mass is 10.0. The van der Waals surface area contributed by atoms with Crippen LogP contribution < -0.4 is 10.1 Å². The van der Waals surface area contributed by atoms with Crippen LogP contribution in [0, 0.1) is 0 Å². The topological polar surface area (TPSA) is 47.6 Å². The molecule has 0 unspecified atom stereocenters. The lowest BCUT2D eigenvalue weighted by Gasteiger charge is -2.11. The molecule has 4 heteroatoms. The summed E-state index contributed by atoms with van der Waals surface area (Å²) in [4.78, 5) is 12.5. The van der Waals surface area contributed by atoms with Gasteiger partial charge in [0, 0.05) is 11.9 Å². The SMILES string of the molecule is CCOC(=O)/C(=C/Nc1ccc(C(C)C)cc1)c1ccc(OCc2ccccc2)cc1. The van der Waals surface area contributed by atoms with Crippen LogP contribution in [0.15, 0.2) is 85.1 Å². The van der Waals surface area contributed by atoms with E-state index in [2.05, 4.69) is 31.3 Å². The number of carbonyl (C=O) groups is 1. The Kier molecular flexibility index (Phi) is 7.88. The third kappa shape index (κ3) is 6.48. The molecule has 0 aliphatic rings. The van der Waals surface area contributed by atoms with Crippen LogP contribution in [0.3, 0.4) is 0 Å². The molecule has 3 aromatic carbocycles. The summed E-state index contributed by atoms with van der Waals surface area (Å²) in [6.07, 6.45) is 1.70. The van der Waals surface area contributed by atoms with Crippen molar-refractivity contribution in [1.29, 1.82) is 0 Å². The molecule has 0 radical (unpaired) electrons. The molecule has 1 N–H and O–H groups in total. The fourth-order valence-electron chi connectivity index (χ4n) is 3.06. The first-order valence-electron chi connectivity index (χ1n) is 10.6. The van der Waals surface area contributed by atoms with Gasteiger partial charge in [0.2, 0.25) is 0 Å². The standard InChI is InChI=1S/C27H29NO3/c1-4-30-27(29)26(18-28-24-14-10-22(11-15-24)20(2)3)23-12-16-25(17-13-23)31-19-21-8-6-5-7-9-21/h5-18,20,28H,4,19H2,1-3H3/b26-18+. The van der Waals surface area contributed by atoms with Gasteiger partial charge in [-0.25, -0.2) is 4.79 Å². The van der Waals surface area contributed by atoms with Crippen molar-refractivity contribution in [3.8, 4) is 5.75 Å². The number of esters is 1. The molecule has 0 spiro atoms. The Morgan fingerprint density at radius 1 is 0.935 bits per heavy atom. The average molecular weight is 416 g/mol. The van der Waals surface area contributed by atoms with Gasteiger partial charge in [-0.15, -0.1) is 0 Å². The van der Waals surface area contributed by atoms with E-state index in [4.69, 9.17) is 9.47 Å². The highest BCUT2D eigenvalue weighted by Gasteiger charge is 2.13. The van der Waals surface area contributed by atoms with E-state index in [0.29, 0.717) is 24.7 Å². The predicted molar refractivity (Wildman–Crippen MR) is 126 cm³/mol. The van der Waals surface area contributed by atoms with Gasteiger partial charge in [0.05, 0.1) is 12.2 Å². The highest BCUT2D eigenvalue weighted by Crippen LogP contribution is 2.22. The molecule has 160 valence electrons. The van der Waals surface area contributed by atoms with Crippen LogP contribution in [0.2, 0.25) is 0 Å². The molecular weight excluding hydrogens is 386 g/mol. The Balaban J connectivity index is 1.73. The number of ether oxygens (including phenoxy) is 2. The van der Waals surface area contributed by atoms with Gasteiger partial charge in [0.1, 0.15) is 12.4 Å². The van der Waals surface area contributed by atoms with Gasteiger partial charge in [0.25, 0.3) is 0 Å². The summed E-state index contributed by atoms with van der Waals surface area (Å²) < 4.78 is 11.1. The summed E-state index contributed by atoms with van der Waals surface area (Å²) >= 11 is 0. The molecule has 0 heterocycles. The quantitative estimate of drug-likeness (QED) is 0.324. The Labute approximate surface area is 184 Å².